The number of amides is 1. The molecule has 136 valence electrons. The van der Waals surface area contributed by atoms with E-state index in [9.17, 15) is 4.79 Å². The van der Waals surface area contributed by atoms with Crippen molar-refractivity contribution in [3.63, 3.8) is 0 Å². The van der Waals surface area contributed by atoms with Gasteiger partial charge < -0.3 is 14.8 Å². The van der Waals surface area contributed by atoms with Crippen LogP contribution >= 0.6 is 0 Å². The molecule has 3 aliphatic heterocycles. The third kappa shape index (κ3) is 3.81. The summed E-state index contributed by atoms with van der Waals surface area (Å²) in [5.74, 6) is 0.684. The Balaban J connectivity index is 1.37. The van der Waals surface area contributed by atoms with Crippen LogP contribution in [0.2, 0.25) is 0 Å². The van der Waals surface area contributed by atoms with Crippen molar-refractivity contribution in [2.45, 2.75) is 38.4 Å². The number of piperazine rings is 1. The molecule has 6 nitrogen and oxygen atoms in total. The quantitative estimate of drug-likeness (QED) is 0.904. The molecule has 0 radical (unpaired) electrons. The van der Waals surface area contributed by atoms with Crippen molar-refractivity contribution in [2.75, 3.05) is 44.8 Å². The molecule has 3 aliphatic rings. The molecule has 1 atom stereocenters. The van der Waals surface area contributed by atoms with E-state index in [4.69, 9.17) is 9.47 Å². The SMILES string of the molecule is C[C@H]1CN(C2CCOCC2)CCN1Cc1ccc2c(c1)NC(=O)CO2. The van der Waals surface area contributed by atoms with Gasteiger partial charge >= 0.3 is 0 Å². The molecule has 0 saturated carbocycles. The minimum Gasteiger partial charge on any atom is -0.482 e. The lowest BCUT2D eigenvalue weighted by Crippen LogP contribution is -2.55. The molecule has 0 bridgehead atoms. The van der Waals surface area contributed by atoms with E-state index < -0.39 is 0 Å². The molecule has 1 amide bonds. The number of ether oxygens (including phenoxy) is 2. The van der Waals surface area contributed by atoms with Crippen LogP contribution in [0.25, 0.3) is 0 Å². The van der Waals surface area contributed by atoms with Gasteiger partial charge in [0.15, 0.2) is 6.61 Å². The highest BCUT2D eigenvalue weighted by Gasteiger charge is 2.29. The standard InChI is InChI=1S/C19H27N3O3/c1-14-11-22(16-4-8-24-9-5-16)7-6-21(14)12-15-2-3-18-17(10-15)20-19(23)13-25-18/h2-3,10,14,16H,4-9,11-13H2,1H3,(H,20,23)/t14-/m0/s1. The second-order valence-electron chi connectivity index (χ2n) is 7.33. The first kappa shape index (κ1) is 16.8. The molecule has 1 aromatic carbocycles. The van der Waals surface area contributed by atoms with E-state index in [2.05, 4.69) is 28.1 Å². The second kappa shape index (κ2) is 7.32. The van der Waals surface area contributed by atoms with Crippen molar-refractivity contribution >= 4 is 11.6 Å². The Morgan fingerprint density at radius 1 is 1.24 bits per heavy atom. The van der Waals surface area contributed by atoms with Gasteiger partial charge in [-0.2, -0.15) is 0 Å². The molecule has 1 N–H and O–H groups in total. The highest BCUT2D eigenvalue weighted by Crippen LogP contribution is 2.29. The van der Waals surface area contributed by atoms with Gasteiger partial charge in [0.2, 0.25) is 0 Å². The van der Waals surface area contributed by atoms with Crippen LogP contribution in [0.3, 0.4) is 0 Å². The first-order valence-electron chi connectivity index (χ1n) is 9.30. The maximum absolute atomic E-state index is 11.5. The summed E-state index contributed by atoms with van der Waals surface area (Å²) < 4.78 is 10.9. The summed E-state index contributed by atoms with van der Waals surface area (Å²) in [4.78, 5) is 16.7. The average molecular weight is 345 g/mol. The number of rotatable bonds is 3. The summed E-state index contributed by atoms with van der Waals surface area (Å²) in [6, 6.07) is 7.33. The van der Waals surface area contributed by atoms with Crippen LogP contribution in [-0.2, 0) is 16.1 Å². The number of anilines is 1. The van der Waals surface area contributed by atoms with Crippen molar-refractivity contribution in [1.29, 1.82) is 0 Å². The van der Waals surface area contributed by atoms with Crippen LogP contribution in [0.15, 0.2) is 18.2 Å². The number of nitrogens with one attached hydrogen (secondary N) is 1. The molecular formula is C19H27N3O3. The summed E-state index contributed by atoms with van der Waals surface area (Å²) in [7, 11) is 0. The van der Waals surface area contributed by atoms with Gasteiger partial charge in [-0.25, -0.2) is 0 Å². The van der Waals surface area contributed by atoms with Crippen molar-refractivity contribution in [3.05, 3.63) is 23.8 Å². The number of benzene rings is 1. The first-order valence-corrected chi connectivity index (χ1v) is 9.30. The smallest absolute Gasteiger partial charge is 0.262 e. The molecule has 25 heavy (non-hydrogen) atoms. The fraction of sp³-hybridized carbons (Fsp3) is 0.632. The van der Waals surface area contributed by atoms with Crippen LogP contribution in [0.5, 0.6) is 5.75 Å². The van der Waals surface area contributed by atoms with E-state index >= 15 is 0 Å². The molecule has 2 fully saturated rings. The third-order valence-electron chi connectivity index (χ3n) is 5.57. The van der Waals surface area contributed by atoms with Gasteiger partial charge in [0.05, 0.1) is 5.69 Å². The molecule has 0 aromatic heterocycles. The van der Waals surface area contributed by atoms with Gasteiger partial charge in [-0.05, 0) is 37.5 Å². The monoisotopic (exact) mass is 345 g/mol. The lowest BCUT2D eigenvalue weighted by molar-refractivity contribution is -0.118. The topological polar surface area (TPSA) is 54.0 Å². The Bertz CT molecular complexity index is 630. The van der Waals surface area contributed by atoms with E-state index in [0.717, 1.165) is 63.7 Å². The highest BCUT2D eigenvalue weighted by atomic mass is 16.5. The Morgan fingerprint density at radius 2 is 2.08 bits per heavy atom. The zero-order chi connectivity index (χ0) is 17.2. The number of fused-ring (bicyclic) bond motifs is 1. The summed E-state index contributed by atoms with van der Waals surface area (Å²) in [6.45, 7) is 8.47. The predicted octanol–water partition coefficient (Wildman–Crippen LogP) is 1.70. The van der Waals surface area contributed by atoms with Gasteiger partial charge in [0.1, 0.15) is 5.75 Å². The summed E-state index contributed by atoms with van der Waals surface area (Å²) in [5.41, 5.74) is 2.01. The molecule has 2 saturated heterocycles. The van der Waals surface area contributed by atoms with Crippen LogP contribution in [0.1, 0.15) is 25.3 Å². The predicted molar refractivity (Wildman–Crippen MR) is 95.9 cm³/mol. The Hall–Kier alpha value is -1.63. The molecular weight excluding hydrogens is 318 g/mol. The van der Waals surface area contributed by atoms with Gasteiger partial charge in [0.25, 0.3) is 5.91 Å². The zero-order valence-corrected chi connectivity index (χ0v) is 14.9. The average Bonchev–Trinajstić information content (AvgIpc) is 2.64. The van der Waals surface area contributed by atoms with Gasteiger partial charge in [-0.15, -0.1) is 0 Å². The van der Waals surface area contributed by atoms with E-state index in [1.54, 1.807) is 0 Å². The Morgan fingerprint density at radius 3 is 2.88 bits per heavy atom. The van der Waals surface area contributed by atoms with E-state index in [0.29, 0.717) is 12.1 Å². The number of hydrogen-bond acceptors (Lipinski definition) is 5. The second-order valence-corrected chi connectivity index (χ2v) is 7.33. The minimum atomic E-state index is -0.0805. The van der Waals surface area contributed by atoms with Gasteiger partial charge in [-0.3, -0.25) is 14.6 Å². The van der Waals surface area contributed by atoms with Crippen molar-refractivity contribution < 1.29 is 14.3 Å². The van der Waals surface area contributed by atoms with Crippen molar-refractivity contribution in [2.24, 2.45) is 0 Å². The minimum absolute atomic E-state index is 0.0805. The van der Waals surface area contributed by atoms with Crippen LogP contribution < -0.4 is 10.1 Å². The van der Waals surface area contributed by atoms with Gasteiger partial charge in [0, 0.05) is 51.5 Å². The third-order valence-corrected chi connectivity index (χ3v) is 5.57. The number of hydrogen-bond donors (Lipinski definition) is 1. The van der Waals surface area contributed by atoms with Crippen molar-refractivity contribution in [3.8, 4) is 5.75 Å². The molecule has 6 heteroatoms. The molecule has 0 unspecified atom stereocenters. The zero-order valence-electron chi connectivity index (χ0n) is 14.9. The molecule has 4 rings (SSSR count). The fourth-order valence-corrected chi connectivity index (χ4v) is 4.10. The van der Waals surface area contributed by atoms with Crippen molar-refractivity contribution in [1.82, 2.24) is 9.80 Å². The Kier molecular flexibility index (Phi) is 4.92. The number of nitrogens with zero attached hydrogens (tertiary/aromatic N) is 2. The summed E-state index contributed by atoms with van der Waals surface area (Å²) in [5, 5.41) is 2.90. The highest BCUT2D eigenvalue weighted by molar-refractivity contribution is 5.95. The molecule has 0 spiro atoms. The van der Waals surface area contributed by atoms with Crippen LogP contribution in [0.4, 0.5) is 5.69 Å². The maximum atomic E-state index is 11.5. The first-order chi connectivity index (χ1) is 12.2. The summed E-state index contributed by atoms with van der Waals surface area (Å²) in [6.07, 6.45) is 2.33. The largest absolute Gasteiger partial charge is 0.482 e. The molecule has 1 aromatic rings. The lowest BCUT2D eigenvalue weighted by Gasteiger charge is -2.44. The lowest BCUT2D eigenvalue weighted by atomic mass is 10.0. The number of carbonyl (C=O) groups excluding carboxylic acids is 1. The number of carbonyl (C=O) groups is 1. The fourth-order valence-electron chi connectivity index (χ4n) is 4.10. The maximum Gasteiger partial charge on any atom is 0.262 e. The van der Waals surface area contributed by atoms with E-state index in [1.165, 1.54) is 5.56 Å². The van der Waals surface area contributed by atoms with Crippen LogP contribution in [0, 0.1) is 0 Å². The molecule has 3 heterocycles. The normalized spacial score (nSPS) is 26.0. The summed E-state index contributed by atoms with van der Waals surface area (Å²) >= 11 is 0. The van der Waals surface area contributed by atoms with E-state index in [1.807, 2.05) is 12.1 Å². The molecule has 0 aliphatic carbocycles. The van der Waals surface area contributed by atoms with Gasteiger partial charge in [-0.1, -0.05) is 6.07 Å². The Labute approximate surface area is 149 Å². The van der Waals surface area contributed by atoms with E-state index in [-0.39, 0.29) is 12.5 Å². The van der Waals surface area contributed by atoms with Crippen LogP contribution in [-0.4, -0.2) is 67.2 Å².